The maximum atomic E-state index is 11.1. The average Bonchev–Trinajstić information content (AvgIpc) is 2.80. The van der Waals surface area contributed by atoms with Crippen LogP contribution in [0.15, 0.2) is 4.52 Å². The minimum absolute atomic E-state index is 0.152. The third-order valence-corrected chi connectivity index (χ3v) is 5.60. The molecule has 2 atom stereocenters. The molecule has 5 nitrogen and oxygen atoms in total. The van der Waals surface area contributed by atoms with Gasteiger partial charge in [0.15, 0.2) is 15.7 Å². The number of hydrogen-bond acceptors (Lipinski definition) is 6. The van der Waals surface area contributed by atoms with E-state index in [9.17, 15) is 8.42 Å². The molecule has 1 aliphatic carbocycles. The number of hydrogen-bond donors (Lipinski definition) is 0. The van der Waals surface area contributed by atoms with E-state index in [4.69, 9.17) is 4.52 Å². The summed E-state index contributed by atoms with van der Waals surface area (Å²) >= 11 is 1.79. The molecule has 1 saturated carbocycles. The van der Waals surface area contributed by atoms with Crippen molar-refractivity contribution in [3.05, 3.63) is 11.7 Å². The molecular weight excluding hydrogens is 308 g/mol. The van der Waals surface area contributed by atoms with Gasteiger partial charge in [0.05, 0.1) is 5.75 Å². The Morgan fingerprint density at radius 2 is 2.19 bits per heavy atom. The smallest absolute Gasteiger partial charge is 0.236 e. The number of nitrogens with zero attached hydrogens (tertiary/aromatic N) is 2. The summed E-state index contributed by atoms with van der Waals surface area (Å²) in [7, 11) is -3.10. The Balaban J connectivity index is 1.67. The molecule has 0 bridgehead atoms. The fourth-order valence-electron chi connectivity index (χ4n) is 2.87. The van der Waals surface area contributed by atoms with Crippen LogP contribution in [0.2, 0.25) is 0 Å². The molecule has 7 heteroatoms. The van der Waals surface area contributed by atoms with Crippen LogP contribution < -0.4 is 0 Å². The molecule has 1 aromatic rings. The molecular formula is C14H24N2O3S2. The van der Waals surface area contributed by atoms with Gasteiger partial charge in [0.2, 0.25) is 5.89 Å². The van der Waals surface area contributed by atoms with Crippen LogP contribution in [0.4, 0.5) is 0 Å². The highest BCUT2D eigenvalue weighted by Crippen LogP contribution is 2.31. The van der Waals surface area contributed by atoms with Gasteiger partial charge in [0.1, 0.15) is 5.75 Å². The highest BCUT2D eigenvalue weighted by atomic mass is 32.2. The van der Waals surface area contributed by atoms with Gasteiger partial charge in [-0.2, -0.15) is 16.7 Å². The Hall–Kier alpha value is -0.560. The van der Waals surface area contributed by atoms with Gasteiger partial charge in [-0.1, -0.05) is 31.3 Å². The lowest BCUT2D eigenvalue weighted by atomic mass is 9.81. The molecule has 0 N–H and O–H groups in total. The largest absolute Gasteiger partial charge is 0.338 e. The first-order valence-electron chi connectivity index (χ1n) is 7.49. The Morgan fingerprint density at radius 3 is 2.90 bits per heavy atom. The van der Waals surface area contributed by atoms with Crippen molar-refractivity contribution in [2.24, 2.45) is 11.8 Å². The minimum Gasteiger partial charge on any atom is -0.338 e. The van der Waals surface area contributed by atoms with Gasteiger partial charge < -0.3 is 4.52 Å². The van der Waals surface area contributed by atoms with E-state index in [0.29, 0.717) is 11.6 Å². The van der Waals surface area contributed by atoms with Crippen molar-refractivity contribution in [3.8, 4) is 0 Å². The van der Waals surface area contributed by atoms with E-state index in [1.165, 1.54) is 38.4 Å². The fraction of sp³-hybridized carbons (Fsp3) is 0.857. The Morgan fingerprint density at radius 1 is 1.38 bits per heavy atom. The molecule has 0 amide bonds. The molecule has 0 radical (unpaired) electrons. The zero-order chi connectivity index (χ0) is 15.3. The van der Waals surface area contributed by atoms with Crippen molar-refractivity contribution in [1.82, 2.24) is 10.1 Å². The summed E-state index contributed by atoms with van der Waals surface area (Å²) in [6.07, 6.45) is 7.90. The molecule has 0 spiro atoms. The van der Waals surface area contributed by atoms with Crippen LogP contribution >= 0.6 is 11.8 Å². The van der Waals surface area contributed by atoms with Crippen LogP contribution in [-0.2, 0) is 21.3 Å². The van der Waals surface area contributed by atoms with E-state index in [1.807, 2.05) is 0 Å². The van der Waals surface area contributed by atoms with Crippen LogP contribution in [0, 0.1) is 11.8 Å². The van der Waals surface area contributed by atoms with E-state index in [-0.39, 0.29) is 11.6 Å². The van der Waals surface area contributed by atoms with Gasteiger partial charge in [-0.05, 0) is 30.4 Å². The highest BCUT2D eigenvalue weighted by Gasteiger charge is 2.18. The predicted octanol–water partition coefficient (Wildman–Crippen LogP) is 3.06. The van der Waals surface area contributed by atoms with Crippen molar-refractivity contribution in [3.63, 3.8) is 0 Å². The zero-order valence-electron chi connectivity index (χ0n) is 12.7. The molecule has 2 unspecified atom stereocenters. The normalized spacial score (nSPS) is 23.3. The number of thioether (sulfide) groups is 1. The van der Waals surface area contributed by atoms with Crippen molar-refractivity contribution in [2.75, 3.05) is 12.0 Å². The summed E-state index contributed by atoms with van der Waals surface area (Å²) < 4.78 is 27.4. The molecule has 0 aliphatic heterocycles. The lowest BCUT2D eigenvalue weighted by molar-refractivity contribution is 0.278. The standard InChI is InChI=1S/C14H24N2O3S2/c1-11-4-3-5-12(8-11)6-7-20-9-14-15-13(16-19-14)10-21(2,17)18/h11-12H,3-10H2,1-2H3. The van der Waals surface area contributed by atoms with Crippen molar-refractivity contribution in [2.45, 2.75) is 50.5 Å². The summed E-state index contributed by atoms with van der Waals surface area (Å²) in [5.41, 5.74) is 0. The summed E-state index contributed by atoms with van der Waals surface area (Å²) in [5, 5.41) is 3.70. The molecule has 1 aromatic heterocycles. The summed E-state index contributed by atoms with van der Waals surface area (Å²) in [6, 6.07) is 0. The van der Waals surface area contributed by atoms with Crippen molar-refractivity contribution in [1.29, 1.82) is 0 Å². The lowest BCUT2D eigenvalue weighted by Gasteiger charge is -2.26. The lowest BCUT2D eigenvalue weighted by Crippen LogP contribution is -2.13. The Kier molecular flexibility index (Phi) is 6.10. The summed E-state index contributed by atoms with van der Waals surface area (Å²) in [4.78, 5) is 4.11. The van der Waals surface area contributed by atoms with Gasteiger partial charge >= 0.3 is 0 Å². The number of sulfone groups is 1. The minimum atomic E-state index is -3.10. The first-order valence-corrected chi connectivity index (χ1v) is 10.7. The quantitative estimate of drug-likeness (QED) is 0.715. The highest BCUT2D eigenvalue weighted by molar-refractivity contribution is 7.98. The molecule has 1 fully saturated rings. The Labute approximate surface area is 131 Å². The van der Waals surface area contributed by atoms with Gasteiger partial charge in [-0.15, -0.1) is 0 Å². The van der Waals surface area contributed by atoms with Crippen molar-refractivity contribution < 1.29 is 12.9 Å². The van der Waals surface area contributed by atoms with Crippen LogP contribution in [0.5, 0.6) is 0 Å². The monoisotopic (exact) mass is 332 g/mol. The maximum absolute atomic E-state index is 11.1. The van der Waals surface area contributed by atoms with Crippen LogP contribution in [0.3, 0.4) is 0 Å². The maximum Gasteiger partial charge on any atom is 0.236 e. The zero-order valence-corrected chi connectivity index (χ0v) is 14.4. The van der Waals surface area contributed by atoms with Gasteiger partial charge in [0, 0.05) is 6.26 Å². The molecule has 2 rings (SSSR count). The van der Waals surface area contributed by atoms with E-state index in [1.54, 1.807) is 11.8 Å². The fourth-order valence-corrected chi connectivity index (χ4v) is 4.40. The second-order valence-corrected chi connectivity index (χ2v) is 9.40. The Bertz CT molecular complexity index is 542. The van der Waals surface area contributed by atoms with Crippen LogP contribution in [0.1, 0.15) is 50.7 Å². The van der Waals surface area contributed by atoms with Gasteiger partial charge in [-0.3, -0.25) is 0 Å². The summed E-state index contributed by atoms with van der Waals surface area (Å²) in [5.74, 6) is 4.14. The van der Waals surface area contributed by atoms with Crippen LogP contribution in [0.25, 0.3) is 0 Å². The third kappa shape index (κ3) is 6.38. The predicted molar refractivity (Wildman–Crippen MR) is 84.7 cm³/mol. The molecule has 0 aromatic carbocycles. The summed E-state index contributed by atoms with van der Waals surface area (Å²) in [6.45, 7) is 2.35. The van der Waals surface area contributed by atoms with E-state index < -0.39 is 9.84 Å². The van der Waals surface area contributed by atoms with E-state index >= 15 is 0 Å². The molecule has 1 heterocycles. The molecule has 21 heavy (non-hydrogen) atoms. The number of rotatable bonds is 7. The second-order valence-electron chi connectivity index (χ2n) is 6.15. The van der Waals surface area contributed by atoms with E-state index in [0.717, 1.165) is 17.6 Å². The molecule has 0 saturated heterocycles. The first kappa shape index (κ1) is 16.8. The van der Waals surface area contributed by atoms with Gasteiger partial charge in [0.25, 0.3) is 0 Å². The average molecular weight is 332 g/mol. The first-order chi connectivity index (χ1) is 9.92. The third-order valence-electron chi connectivity index (χ3n) is 3.84. The SMILES string of the molecule is CC1CCCC(CCSCc2nc(CS(C)(=O)=O)no2)C1. The second kappa shape index (κ2) is 7.63. The molecule has 120 valence electrons. The number of aromatic nitrogens is 2. The van der Waals surface area contributed by atoms with E-state index in [2.05, 4.69) is 17.1 Å². The topological polar surface area (TPSA) is 73.1 Å². The molecule has 1 aliphatic rings. The van der Waals surface area contributed by atoms with Gasteiger partial charge in [-0.25, -0.2) is 8.42 Å². The van der Waals surface area contributed by atoms with Crippen LogP contribution in [-0.4, -0.2) is 30.6 Å². The van der Waals surface area contributed by atoms with Crippen molar-refractivity contribution >= 4 is 21.6 Å².